The molecule has 0 saturated heterocycles. The molecule has 0 atom stereocenters. The van der Waals surface area contributed by atoms with Gasteiger partial charge in [0.2, 0.25) is 0 Å². The van der Waals surface area contributed by atoms with Gasteiger partial charge in [0.25, 0.3) is 5.82 Å². The van der Waals surface area contributed by atoms with Gasteiger partial charge in [0, 0.05) is 16.5 Å². The third-order valence-corrected chi connectivity index (χ3v) is 6.44. The lowest BCUT2D eigenvalue weighted by Crippen LogP contribution is -2.37. The average Bonchev–Trinajstić information content (AvgIpc) is 3.43. The molecule has 2 aromatic heterocycles. The van der Waals surface area contributed by atoms with E-state index in [1.807, 2.05) is 0 Å². The number of hydrogen-bond acceptors (Lipinski definition) is 0. The van der Waals surface area contributed by atoms with Gasteiger partial charge >= 0.3 is 0 Å². The molecule has 166 valence electrons. The Morgan fingerprint density at radius 3 is 2.12 bits per heavy atom. The Balaban J connectivity index is 1.59. The highest BCUT2D eigenvalue weighted by Crippen LogP contribution is 2.34. The smallest absolute Gasteiger partial charge is 0.294 e. The lowest BCUT2D eigenvalue weighted by Gasteiger charge is -2.09. The zero-order valence-electron chi connectivity index (χ0n) is 19.6. The number of aromatic nitrogens is 3. The van der Waals surface area contributed by atoms with Crippen molar-refractivity contribution < 1.29 is 4.57 Å². The van der Waals surface area contributed by atoms with Crippen LogP contribution in [0.5, 0.6) is 0 Å². The number of imidazole rings is 1. The summed E-state index contributed by atoms with van der Waals surface area (Å²) in [5.74, 6) is 1.77. The van der Waals surface area contributed by atoms with Gasteiger partial charge in [0.1, 0.15) is 18.1 Å². The van der Waals surface area contributed by atoms with Crippen LogP contribution in [0.4, 0.5) is 0 Å². The Morgan fingerprint density at radius 1 is 0.676 bits per heavy atom. The predicted molar refractivity (Wildman–Crippen MR) is 141 cm³/mol. The first-order valence-corrected chi connectivity index (χ1v) is 12.0. The molecule has 0 fully saturated rings. The van der Waals surface area contributed by atoms with Crippen molar-refractivity contribution in [2.24, 2.45) is 5.92 Å². The quantitative estimate of drug-likeness (QED) is 0.251. The molecule has 2 heterocycles. The summed E-state index contributed by atoms with van der Waals surface area (Å²) in [7, 11) is 0. The average molecular weight is 443 g/mol. The first-order chi connectivity index (χ1) is 16.7. The van der Waals surface area contributed by atoms with E-state index in [1.54, 1.807) is 0 Å². The summed E-state index contributed by atoms with van der Waals surface area (Å²) in [6, 6.07) is 36.9. The standard InChI is InChI=1S/C31H28N3/c1-23(2)22-32-19-20-33(31(32)24-11-5-3-6-12-24)26-17-18-30-28(21-26)27-15-9-10-16-29(27)34(30)25-13-7-4-8-14-25/h3-21,23H,22H2,1-2H3/q+1. The molecular formula is C31H28N3+. The van der Waals surface area contributed by atoms with Crippen LogP contribution in [0.3, 0.4) is 0 Å². The maximum Gasteiger partial charge on any atom is 0.294 e. The molecule has 0 amide bonds. The molecule has 34 heavy (non-hydrogen) atoms. The molecule has 0 aliphatic rings. The van der Waals surface area contributed by atoms with E-state index in [0.717, 1.165) is 6.54 Å². The van der Waals surface area contributed by atoms with E-state index in [9.17, 15) is 0 Å². The van der Waals surface area contributed by atoms with Gasteiger partial charge in [-0.05, 0) is 54.4 Å². The summed E-state index contributed by atoms with van der Waals surface area (Å²) in [6.45, 7) is 5.51. The van der Waals surface area contributed by atoms with Crippen molar-refractivity contribution in [1.82, 2.24) is 9.13 Å². The largest absolute Gasteiger partial charge is 0.309 e. The van der Waals surface area contributed by atoms with Crippen LogP contribution in [-0.4, -0.2) is 9.13 Å². The maximum atomic E-state index is 2.37. The van der Waals surface area contributed by atoms with Crippen molar-refractivity contribution in [2.75, 3.05) is 0 Å². The van der Waals surface area contributed by atoms with Gasteiger partial charge in [-0.1, -0.05) is 68.4 Å². The van der Waals surface area contributed by atoms with Crippen molar-refractivity contribution in [2.45, 2.75) is 20.4 Å². The lowest BCUT2D eigenvalue weighted by atomic mass is 10.1. The highest BCUT2D eigenvalue weighted by Gasteiger charge is 2.22. The van der Waals surface area contributed by atoms with Gasteiger partial charge in [0.15, 0.2) is 0 Å². The summed E-state index contributed by atoms with van der Waals surface area (Å²) in [4.78, 5) is 0. The van der Waals surface area contributed by atoms with Gasteiger partial charge in [-0.15, -0.1) is 0 Å². The zero-order chi connectivity index (χ0) is 23.1. The Morgan fingerprint density at radius 2 is 1.35 bits per heavy atom. The molecule has 0 bridgehead atoms. The third-order valence-electron chi connectivity index (χ3n) is 6.44. The third kappa shape index (κ3) is 3.41. The minimum atomic E-state index is 0.564. The second-order valence-corrected chi connectivity index (χ2v) is 9.29. The topological polar surface area (TPSA) is 13.7 Å². The minimum absolute atomic E-state index is 0.564. The van der Waals surface area contributed by atoms with Crippen LogP contribution >= 0.6 is 0 Å². The molecular weight excluding hydrogens is 414 g/mol. The predicted octanol–water partition coefficient (Wildman–Crippen LogP) is 7.18. The number of hydrogen-bond donors (Lipinski definition) is 0. The molecule has 0 aliphatic heterocycles. The molecule has 3 nitrogen and oxygen atoms in total. The molecule has 6 aromatic rings. The fourth-order valence-electron chi connectivity index (χ4n) is 5.03. The SMILES string of the molecule is CC(C)C[n+]1ccn(-c2ccc3c(c2)c2ccccc2n3-c2ccccc2)c1-c1ccccc1. The summed E-state index contributed by atoms with van der Waals surface area (Å²) in [6.07, 6.45) is 4.40. The van der Waals surface area contributed by atoms with E-state index in [0.29, 0.717) is 5.92 Å². The zero-order valence-corrected chi connectivity index (χ0v) is 19.6. The molecule has 0 saturated carbocycles. The Hall–Kier alpha value is -4.11. The van der Waals surface area contributed by atoms with Crippen molar-refractivity contribution in [3.05, 3.63) is 116 Å². The van der Waals surface area contributed by atoms with Crippen LogP contribution in [0, 0.1) is 5.92 Å². The van der Waals surface area contributed by atoms with Crippen molar-refractivity contribution in [3.63, 3.8) is 0 Å². The Kier molecular flexibility index (Phi) is 5.03. The first-order valence-electron chi connectivity index (χ1n) is 12.0. The second-order valence-electron chi connectivity index (χ2n) is 9.29. The van der Waals surface area contributed by atoms with Crippen molar-refractivity contribution in [1.29, 1.82) is 0 Å². The van der Waals surface area contributed by atoms with Crippen molar-refractivity contribution >= 4 is 21.8 Å². The van der Waals surface area contributed by atoms with Crippen LogP contribution < -0.4 is 4.57 Å². The first kappa shape index (κ1) is 20.5. The van der Waals surface area contributed by atoms with E-state index >= 15 is 0 Å². The molecule has 0 unspecified atom stereocenters. The van der Waals surface area contributed by atoms with Gasteiger partial charge in [0.05, 0.1) is 23.1 Å². The second kappa shape index (κ2) is 8.35. The van der Waals surface area contributed by atoms with Gasteiger partial charge in [-0.25, -0.2) is 4.57 Å². The van der Waals surface area contributed by atoms with Crippen LogP contribution in [-0.2, 0) is 6.54 Å². The van der Waals surface area contributed by atoms with Gasteiger partial charge in [-0.3, -0.25) is 0 Å². The van der Waals surface area contributed by atoms with Gasteiger partial charge < -0.3 is 4.57 Å². The van der Waals surface area contributed by atoms with E-state index in [1.165, 1.54) is 44.6 Å². The van der Waals surface area contributed by atoms with Crippen molar-refractivity contribution in [3.8, 4) is 22.8 Å². The van der Waals surface area contributed by atoms with E-state index in [-0.39, 0.29) is 0 Å². The van der Waals surface area contributed by atoms with E-state index in [2.05, 4.69) is 143 Å². The molecule has 0 aliphatic carbocycles. The monoisotopic (exact) mass is 442 g/mol. The molecule has 0 radical (unpaired) electrons. The fourth-order valence-corrected chi connectivity index (χ4v) is 5.03. The normalized spacial score (nSPS) is 11.6. The summed E-state index contributed by atoms with van der Waals surface area (Å²) < 4.78 is 7.06. The number of fused-ring (bicyclic) bond motifs is 3. The summed E-state index contributed by atoms with van der Waals surface area (Å²) >= 11 is 0. The molecule has 0 spiro atoms. The number of rotatable bonds is 5. The van der Waals surface area contributed by atoms with E-state index < -0.39 is 0 Å². The minimum Gasteiger partial charge on any atom is -0.309 e. The van der Waals surface area contributed by atoms with Gasteiger partial charge in [-0.2, -0.15) is 4.57 Å². The maximum absolute atomic E-state index is 2.37. The van der Waals surface area contributed by atoms with Crippen LogP contribution in [0.15, 0.2) is 116 Å². The number of para-hydroxylation sites is 2. The van der Waals surface area contributed by atoms with Crippen LogP contribution in [0.1, 0.15) is 13.8 Å². The highest BCUT2D eigenvalue weighted by molar-refractivity contribution is 6.09. The molecule has 3 heteroatoms. The van der Waals surface area contributed by atoms with Crippen LogP contribution in [0.25, 0.3) is 44.6 Å². The molecule has 4 aromatic carbocycles. The summed E-state index contributed by atoms with van der Waals surface area (Å²) in [5.41, 5.74) is 6.03. The molecule has 6 rings (SSSR count). The fraction of sp³-hybridized carbons (Fsp3) is 0.129. The number of benzene rings is 4. The van der Waals surface area contributed by atoms with Crippen LogP contribution in [0.2, 0.25) is 0 Å². The highest BCUT2D eigenvalue weighted by atomic mass is 15.2. The number of nitrogens with zero attached hydrogens (tertiary/aromatic N) is 3. The van der Waals surface area contributed by atoms with E-state index in [4.69, 9.17) is 0 Å². The lowest BCUT2D eigenvalue weighted by molar-refractivity contribution is -0.690. The summed E-state index contributed by atoms with van der Waals surface area (Å²) in [5, 5.41) is 2.53. The Labute approximate surface area is 200 Å². The Bertz CT molecular complexity index is 1590. The molecule has 0 N–H and O–H groups in total.